The van der Waals surface area contributed by atoms with Crippen LogP contribution >= 0.6 is 0 Å². The standard InChI is InChI=1S/C19H20N2O5/c1-23-16-8-14(9-17(24-2)19(16)25-3)11-21-18(22)12-26-15-6-4-13(10-20)5-7-15/h4-9H,11-12H2,1-3H3,(H,21,22). The van der Waals surface area contributed by atoms with E-state index in [9.17, 15) is 4.79 Å². The number of benzene rings is 2. The average Bonchev–Trinajstić information content (AvgIpc) is 2.69. The topological polar surface area (TPSA) is 89.8 Å². The quantitative estimate of drug-likeness (QED) is 0.780. The number of nitriles is 1. The Labute approximate surface area is 152 Å². The van der Waals surface area contributed by atoms with Gasteiger partial charge in [-0.25, -0.2) is 0 Å². The monoisotopic (exact) mass is 356 g/mol. The zero-order valence-corrected chi connectivity index (χ0v) is 14.9. The zero-order chi connectivity index (χ0) is 18.9. The third-order valence-corrected chi connectivity index (χ3v) is 3.57. The van der Waals surface area contributed by atoms with Crippen molar-refractivity contribution in [3.63, 3.8) is 0 Å². The Morgan fingerprint density at radius 1 is 1.04 bits per heavy atom. The molecule has 0 saturated heterocycles. The van der Waals surface area contributed by atoms with E-state index < -0.39 is 0 Å². The minimum absolute atomic E-state index is 0.129. The first-order valence-electron chi connectivity index (χ1n) is 7.79. The number of nitrogens with one attached hydrogen (secondary N) is 1. The third kappa shape index (κ3) is 4.80. The van der Waals surface area contributed by atoms with Crippen molar-refractivity contribution < 1.29 is 23.7 Å². The Kier molecular flexibility index (Phi) is 6.68. The number of hydrogen-bond acceptors (Lipinski definition) is 6. The summed E-state index contributed by atoms with van der Waals surface area (Å²) in [6.07, 6.45) is 0. The van der Waals surface area contributed by atoms with Crippen molar-refractivity contribution in [3.8, 4) is 29.1 Å². The second-order valence-corrected chi connectivity index (χ2v) is 5.24. The molecule has 26 heavy (non-hydrogen) atoms. The van der Waals surface area contributed by atoms with E-state index in [4.69, 9.17) is 24.2 Å². The van der Waals surface area contributed by atoms with Crippen LogP contribution in [-0.2, 0) is 11.3 Å². The highest BCUT2D eigenvalue weighted by Gasteiger charge is 2.13. The summed E-state index contributed by atoms with van der Waals surface area (Å²) in [5.41, 5.74) is 1.33. The van der Waals surface area contributed by atoms with Crippen LogP contribution in [0.25, 0.3) is 0 Å². The Morgan fingerprint density at radius 2 is 1.65 bits per heavy atom. The molecule has 7 heteroatoms. The van der Waals surface area contributed by atoms with Crippen LogP contribution in [0, 0.1) is 11.3 Å². The first-order chi connectivity index (χ1) is 12.6. The number of rotatable bonds is 8. The maximum absolute atomic E-state index is 12.0. The van der Waals surface area contributed by atoms with Gasteiger partial charge < -0.3 is 24.3 Å². The summed E-state index contributed by atoms with van der Waals surface area (Å²) in [6.45, 7) is 0.155. The molecule has 0 spiro atoms. The molecule has 2 aromatic rings. The van der Waals surface area contributed by atoms with Crippen molar-refractivity contribution in [2.24, 2.45) is 0 Å². The third-order valence-electron chi connectivity index (χ3n) is 3.57. The molecule has 2 rings (SSSR count). The minimum atomic E-state index is -0.275. The second-order valence-electron chi connectivity index (χ2n) is 5.24. The molecule has 0 heterocycles. The predicted molar refractivity (Wildman–Crippen MR) is 94.6 cm³/mol. The maximum Gasteiger partial charge on any atom is 0.258 e. The average molecular weight is 356 g/mol. The maximum atomic E-state index is 12.0. The van der Waals surface area contributed by atoms with Gasteiger partial charge in [-0.2, -0.15) is 5.26 Å². The molecule has 0 aliphatic carbocycles. The van der Waals surface area contributed by atoms with Gasteiger partial charge in [0.15, 0.2) is 18.1 Å². The van der Waals surface area contributed by atoms with Crippen molar-refractivity contribution in [2.45, 2.75) is 6.54 Å². The van der Waals surface area contributed by atoms with Crippen LogP contribution in [0.1, 0.15) is 11.1 Å². The lowest BCUT2D eigenvalue weighted by molar-refractivity contribution is -0.123. The summed E-state index contributed by atoms with van der Waals surface area (Å²) < 4.78 is 21.2. The van der Waals surface area contributed by atoms with E-state index >= 15 is 0 Å². The molecule has 136 valence electrons. The van der Waals surface area contributed by atoms with Gasteiger partial charge in [-0.3, -0.25) is 4.79 Å². The van der Waals surface area contributed by atoms with Gasteiger partial charge in [-0.15, -0.1) is 0 Å². The fourth-order valence-corrected chi connectivity index (χ4v) is 2.26. The molecule has 0 bridgehead atoms. The van der Waals surface area contributed by atoms with Gasteiger partial charge >= 0.3 is 0 Å². The summed E-state index contributed by atoms with van der Waals surface area (Å²) in [5, 5.41) is 11.5. The summed E-state index contributed by atoms with van der Waals surface area (Å²) in [4.78, 5) is 12.0. The van der Waals surface area contributed by atoms with Gasteiger partial charge in [0.2, 0.25) is 5.75 Å². The van der Waals surface area contributed by atoms with Crippen LogP contribution in [0.2, 0.25) is 0 Å². The Morgan fingerprint density at radius 3 is 2.15 bits per heavy atom. The largest absolute Gasteiger partial charge is 0.493 e. The second kappa shape index (κ2) is 9.18. The molecule has 0 radical (unpaired) electrons. The summed E-state index contributed by atoms with van der Waals surface area (Å²) in [6, 6.07) is 12.1. The predicted octanol–water partition coefficient (Wildman–Crippen LogP) is 2.28. The molecule has 0 atom stereocenters. The van der Waals surface area contributed by atoms with Crippen LogP contribution in [0.3, 0.4) is 0 Å². The van der Waals surface area contributed by atoms with Crippen LogP contribution in [0.5, 0.6) is 23.0 Å². The van der Waals surface area contributed by atoms with Gasteiger partial charge in [0.25, 0.3) is 5.91 Å². The molecule has 1 N–H and O–H groups in total. The summed E-state index contributed by atoms with van der Waals surface area (Å²) in [5.74, 6) is 1.78. The fourth-order valence-electron chi connectivity index (χ4n) is 2.26. The van der Waals surface area contributed by atoms with E-state index in [1.54, 1.807) is 36.4 Å². The smallest absolute Gasteiger partial charge is 0.258 e. The van der Waals surface area contributed by atoms with E-state index in [-0.39, 0.29) is 19.1 Å². The lowest BCUT2D eigenvalue weighted by atomic mass is 10.1. The van der Waals surface area contributed by atoms with E-state index in [2.05, 4.69) is 5.32 Å². The molecular formula is C19H20N2O5. The number of nitrogens with zero attached hydrogens (tertiary/aromatic N) is 1. The van der Waals surface area contributed by atoms with Crippen LogP contribution in [0.15, 0.2) is 36.4 Å². The number of methoxy groups -OCH3 is 3. The van der Waals surface area contributed by atoms with Crippen molar-refractivity contribution in [2.75, 3.05) is 27.9 Å². The Hall–Kier alpha value is -3.40. The van der Waals surface area contributed by atoms with Gasteiger partial charge in [-0.1, -0.05) is 0 Å². The van der Waals surface area contributed by atoms with Gasteiger partial charge in [0, 0.05) is 6.54 Å². The van der Waals surface area contributed by atoms with Crippen molar-refractivity contribution in [1.82, 2.24) is 5.32 Å². The van der Waals surface area contributed by atoms with E-state index in [0.717, 1.165) is 5.56 Å². The highest BCUT2D eigenvalue weighted by Crippen LogP contribution is 2.38. The van der Waals surface area contributed by atoms with E-state index in [1.165, 1.54) is 21.3 Å². The molecule has 0 unspecified atom stereocenters. The highest BCUT2D eigenvalue weighted by atomic mass is 16.5. The summed E-state index contributed by atoms with van der Waals surface area (Å²) in [7, 11) is 4.60. The summed E-state index contributed by atoms with van der Waals surface area (Å²) >= 11 is 0. The van der Waals surface area contributed by atoms with E-state index in [0.29, 0.717) is 28.6 Å². The molecule has 2 aromatic carbocycles. The van der Waals surface area contributed by atoms with Crippen LogP contribution < -0.4 is 24.3 Å². The highest BCUT2D eigenvalue weighted by molar-refractivity contribution is 5.77. The molecule has 0 saturated carbocycles. The first kappa shape index (κ1) is 18.9. The number of amides is 1. The lowest BCUT2D eigenvalue weighted by Gasteiger charge is -2.14. The van der Waals surface area contributed by atoms with Crippen molar-refractivity contribution in [3.05, 3.63) is 47.5 Å². The molecule has 0 aliphatic heterocycles. The number of carbonyl (C=O) groups excluding carboxylic acids is 1. The number of carbonyl (C=O) groups is 1. The van der Waals surface area contributed by atoms with Crippen molar-refractivity contribution in [1.29, 1.82) is 5.26 Å². The molecule has 0 aliphatic rings. The van der Waals surface area contributed by atoms with E-state index in [1.807, 2.05) is 6.07 Å². The van der Waals surface area contributed by atoms with Gasteiger partial charge in [-0.05, 0) is 42.0 Å². The fraction of sp³-hybridized carbons (Fsp3) is 0.263. The van der Waals surface area contributed by atoms with Crippen LogP contribution in [0.4, 0.5) is 0 Å². The Bertz CT molecular complexity index is 772. The van der Waals surface area contributed by atoms with Crippen LogP contribution in [-0.4, -0.2) is 33.8 Å². The molecule has 0 fully saturated rings. The zero-order valence-electron chi connectivity index (χ0n) is 14.9. The lowest BCUT2D eigenvalue weighted by Crippen LogP contribution is -2.28. The SMILES string of the molecule is COc1cc(CNC(=O)COc2ccc(C#N)cc2)cc(OC)c1OC. The number of hydrogen-bond donors (Lipinski definition) is 1. The van der Waals surface area contributed by atoms with Crippen molar-refractivity contribution >= 4 is 5.91 Å². The molecular weight excluding hydrogens is 336 g/mol. The molecule has 1 amide bonds. The van der Waals surface area contributed by atoms with Gasteiger partial charge in [0.1, 0.15) is 5.75 Å². The van der Waals surface area contributed by atoms with Gasteiger partial charge in [0.05, 0.1) is 33.0 Å². The minimum Gasteiger partial charge on any atom is -0.493 e. The molecule has 0 aromatic heterocycles. The first-order valence-corrected chi connectivity index (χ1v) is 7.79. The Balaban J connectivity index is 1.93. The normalized spacial score (nSPS) is 9.77. The molecule has 7 nitrogen and oxygen atoms in total. The number of ether oxygens (including phenoxy) is 4.